The van der Waals surface area contributed by atoms with E-state index in [4.69, 9.17) is 9.22 Å². The Morgan fingerprint density at radius 3 is 2.47 bits per heavy atom. The molecule has 0 bridgehead atoms. The van der Waals surface area contributed by atoms with E-state index in [0.717, 1.165) is 0 Å². The predicted octanol–water partition coefficient (Wildman–Crippen LogP) is 2.42. The minimum absolute atomic E-state index is 0.0306. The summed E-state index contributed by atoms with van der Waals surface area (Å²) in [5, 5.41) is 53.7. The van der Waals surface area contributed by atoms with Crippen LogP contribution in [0.3, 0.4) is 0 Å². The molecular weight excluding hydrogens is 384 g/mol. The summed E-state index contributed by atoms with van der Waals surface area (Å²) in [4.78, 5) is 11.1. The zero-order valence-corrected chi connectivity index (χ0v) is 18.3. The SMILES string of the molecule is [2H]C1([2H])[C@H]2[C@@H]([C@@H](O)[C@@H](O)[C@@H]3C[C@H](O)CC[C@]23C)[C@@H]2CC[C@H]([C@H](C)CCC(=O)O)[C@@]2(C)[C@@]1([2H])O. The Hall–Kier alpha value is -0.690. The summed E-state index contributed by atoms with van der Waals surface area (Å²) in [7, 11) is 0. The van der Waals surface area contributed by atoms with Gasteiger partial charge in [0.15, 0.2) is 0 Å². The lowest BCUT2D eigenvalue weighted by Gasteiger charge is -2.64. The second-order valence-electron chi connectivity index (χ2n) is 11.1. The standard InChI is InChI=1S/C24H40O6/c1-12(4-7-19(27)28)14-5-6-15-20-16(11-18(26)24(14,15)3)23(2)9-8-13(25)10-17(23)21(29)22(20)30/h12-18,20-22,25-26,29-30H,4-11H2,1-3H3,(H,27,28)/t12-,13-,14-,15+,16+,17+,18+,20+,21+,22-,23-,24-/m1/s1/i11D2,18D. The maximum Gasteiger partial charge on any atom is 0.303 e. The Balaban J connectivity index is 1.80. The molecule has 30 heavy (non-hydrogen) atoms. The summed E-state index contributed by atoms with van der Waals surface area (Å²) >= 11 is 0. The van der Waals surface area contributed by atoms with Gasteiger partial charge in [-0.25, -0.2) is 0 Å². The quantitative estimate of drug-likeness (QED) is 0.470. The van der Waals surface area contributed by atoms with Crippen LogP contribution in [0.25, 0.3) is 0 Å². The first-order chi connectivity index (χ1) is 15.1. The smallest absolute Gasteiger partial charge is 0.303 e. The molecule has 4 aliphatic rings. The number of rotatable bonds is 4. The zero-order valence-electron chi connectivity index (χ0n) is 21.3. The molecule has 4 saturated carbocycles. The molecule has 0 saturated heterocycles. The minimum Gasteiger partial charge on any atom is -0.481 e. The van der Waals surface area contributed by atoms with E-state index in [1.165, 1.54) is 0 Å². The van der Waals surface area contributed by atoms with Gasteiger partial charge in [-0.15, -0.1) is 0 Å². The van der Waals surface area contributed by atoms with Crippen molar-refractivity contribution in [3.05, 3.63) is 0 Å². The van der Waals surface area contributed by atoms with Crippen LogP contribution in [0, 0.1) is 46.3 Å². The molecule has 172 valence electrons. The summed E-state index contributed by atoms with van der Waals surface area (Å²) in [5.74, 6) is -3.68. The lowest BCUT2D eigenvalue weighted by Crippen LogP contribution is -2.66. The highest BCUT2D eigenvalue weighted by atomic mass is 16.4. The van der Waals surface area contributed by atoms with Gasteiger partial charge >= 0.3 is 5.97 Å². The van der Waals surface area contributed by atoms with Crippen LogP contribution in [0.15, 0.2) is 0 Å². The highest BCUT2D eigenvalue weighted by Gasteiger charge is 2.67. The largest absolute Gasteiger partial charge is 0.481 e. The van der Waals surface area contributed by atoms with Crippen molar-refractivity contribution in [2.75, 3.05) is 0 Å². The van der Waals surface area contributed by atoms with Gasteiger partial charge in [-0.3, -0.25) is 4.79 Å². The van der Waals surface area contributed by atoms with Gasteiger partial charge in [0.2, 0.25) is 0 Å². The minimum atomic E-state index is -2.45. The first kappa shape index (κ1) is 18.8. The van der Waals surface area contributed by atoms with E-state index >= 15 is 0 Å². The number of hydrogen-bond acceptors (Lipinski definition) is 5. The van der Waals surface area contributed by atoms with Gasteiger partial charge in [-0.05, 0) is 91.2 Å². The maximum absolute atomic E-state index is 11.8. The fourth-order valence-corrected chi connectivity index (χ4v) is 8.00. The van der Waals surface area contributed by atoms with Crippen LogP contribution in [0.4, 0.5) is 0 Å². The Morgan fingerprint density at radius 2 is 1.80 bits per heavy atom. The van der Waals surface area contributed by atoms with Crippen LogP contribution in [-0.2, 0) is 4.79 Å². The van der Waals surface area contributed by atoms with Gasteiger partial charge < -0.3 is 25.5 Å². The molecule has 12 atom stereocenters. The molecule has 0 aromatic heterocycles. The Bertz CT molecular complexity index is 792. The van der Waals surface area contributed by atoms with Crippen LogP contribution in [0.2, 0.25) is 0 Å². The van der Waals surface area contributed by atoms with Crippen molar-refractivity contribution in [3.8, 4) is 0 Å². The van der Waals surface area contributed by atoms with E-state index in [-0.39, 0.29) is 30.6 Å². The highest BCUT2D eigenvalue weighted by Crippen LogP contribution is 2.68. The second-order valence-corrected chi connectivity index (χ2v) is 11.1. The number of carboxylic acid groups (broad SMARTS) is 1. The van der Waals surface area contributed by atoms with E-state index in [1.807, 2.05) is 13.8 Å². The molecule has 0 amide bonds. The van der Waals surface area contributed by atoms with Gasteiger partial charge in [0.1, 0.15) is 0 Å². The van der Waals surface area contributed by atoms with Crippen LogP contribution in [-0.4, -0.2) is 55.9 Å². The molecule has 0 heterocycles. The monoisotopic (exact) mass is 427 g/mol. The summed E-state index contributed by atoms with van der Waals surface area (Å²) in [6.45, 7) is 5.55. The fourth-order valence-electron chi connectivity index (χ4n) is 8.00. The van der Waals surface area contributed by atoms with Gasteiger partial charge in [0.05, 0.1) is 25.8 Å². The van der Waals surface area contributed by atoms with Crippen molar-refractivity contribution in [2.24, 2.45) is 46.3 Å². The fraction of sp³-hybridized carbons (Fsp3) is 0.958. The Labute approximate surface area is 183 Å². The van der Waals surface area contributed by atoms with Crippen LogP contribution < -0.4 is 0 Å². The molecule has 0 radical (unpaired) electrons. The third kappa shape index (κ3) is 3.16. The summed E-state index contributed by atoms with van der Waals surface area (Å²) < 4.78 is 27.5. The molecule has 4 fully saturated rings. The van der Waals surface area contributed by atoms with Crippen molar-refractivity contribution in [1.29, 1.82) is 0 Å². The van der Waals surface area contributed by atoms with E-state index < -0.39 is 65.3 Å². The molecule has 0 spiro atoms. The molecule has 0 aromatic rings. The average molecular weight is 428 g/mol. The lowest BCUT2D eigenvalue weighted by atomic mass is 9.42. The topological polar surface area (TPSA) is 118 Å². The third-order valence-electron chi connectivity index (χ3n) is 9.74. The highest BCUT2D eigenvalue weighted by molar-refractivity contribution is 5.66. The summed E-state index contributed by atoms with van der Waals surface area (Å²) in [5.41, 5.74) is -1.97. The van der Waals surface area contributed by atoms with Crippen LogP contribution in [0.1, 0.15) is 76.2 Å². The molecule has 0 aromatic carbocycles. The number of carbonyl (C=O) groups is 1. The molecule has 0 aliphatic heterocycles. The first-order valence-electron chi connectivity index (χ1n) is 13.1. The number of carboxylic acids is 1. The van der Waals surface area contributed by atoms with E-state index in [1.54, 1.807) is 6.92 Å². The number of hydrogen-bond donors (Lipinski definition) is 5. The van der Waals surface area contributed by atoms with E-state index in [9.17, 15) is 25.2 Å². The van der Waals surface area contributed by atoms with Gasteiger partial charge in [-0.1, -0.05) is 20.8 Å². The van der Waals surface area contributed by atoms with E-state index in [0.29, 0.717) is 32.1 Å². The van der Waals surface area contributed by atoms with Gasteiger partial charge in [0.25, 0.3) is 0 Å². The second kappa shape index (κ2) is 7.72. The number of aliphatic hydroxyl groups excluding tert-OH is 3. The van der Waals surface area contributed by atoms with Crippen molar-refractivity contribution in [2.45, 2.75) is 96.5 Å². The van der Waals surface area contributed by atoms with Crippen LogP contribution >= 0.6 is 0 Å². The number of aliphatic hydroxyl groups is 4. The maximum atomic E-state index is 11.8. The third-order valence-corrected chi connectivity index (χ3v) is 9.74. The van der Waals surface area contributed by atoms with Crippen molar-refractivity contribution in [3.63, 3.8) is 0 Å². The lowest BCUT2D eigenvalue weighted by molar-refractivity contribution is -0.243. The average Bonchev–Trinajstić information content (AvgIpc) is 3.08. The molecule has 4 rings (SSSR count). The van der Waals surface area contributed by atoms with Crippen molar-refractivity contribution in [1.82, 2.24) is 0 Å². The summed E-state index contributed by atoms with van der Waals surface area (Å²) in [6.07, 6.45) is -5.02. The summed E-state index contributed by atoms with van der Waals surface area (Å²) in [6, 6.07) is 0. The van der Waals surface area contributed by atoms with E-state index in [2.05, 4.69) is 0 Å². The Morgan fingerprint density at radius 1 is 1.10 bits per heavy atom. The molecule has 0 unspecified atom stereocenters. The van der Waals surface area contributed by atoms with Crippen molar-refractivity contribution < 1.29 is 34.4 Å². The molecule has 5 N–H and O–H groups in total. The predicted molar refractivity (Wildman–Crippen MR) is 111 cm³/mol. The normalized spacial score (nSPS) is 59.6. The molecule has 6 nitrogen and oxygen atoms in total. The number of aliphatic carboxylic acids is 1. The molecule has 6 heteroatoms. The zero-order chi connectivity index (χ0) is 24.7. The van der Waals surface area contributed by atoms with Gasteiger partial charge in [-0.2, -0.15) is 0 Å². The molecule has 4 aliphatic carbocycles. The first-order valence-corrected chi connectivity index (χ1v) is 11.6. The van der Waals surface area contributed by atoms with Crippen molar-refractivity contribution >= 4 is 5.97 Å². The van der Waals surface area contributed by atoms with Gasteiger partial charge in [0, 0.05) is 9.16 Å². The van der Waals surface area contributed by atoms with Crippen LogP contribution in [0.5, 0.6) is 0 Å². The molecular formula is C24H40O6. The Kier molecular flexibility index (Phi) is 4.85. The number of fused-ring (bicyclic) bond motifs is 5.